The van der Waals surface area contributed by atoms with Gasteiger partial charge in [0.1, 0.15) is 11.5 Å². The number of benzene rings is 1. The molecule has 1 aromatic carbocycles. The molecule has 0 bridgehead atoms. The number of hydrogen-bond donors (Lipinski definition) is 1. The van der Waals surface area contributed by atoms with E-state index in [9.17, 15) is 0 Å². The quantitative estimate of drug-likeness (QED) is 0.806. The Balaban J connectivity index is 1.85. The van der Waals surface area contributed by atoms with E-state index in [1.54, 1.807) is 18.9 Å². The lowest BCUT2D eigenvalue weighted by molar-refractivity contribution is 0.184. The Labute approximate surface area is 124 Å². The Morgan fingerprint density at radius 2 is 1.80 bits per heavy atom. The van der Waals surface area contributed by atoms with E-state index in [1.807, 2.05) is 18.2 Å². The predicted molar refractivity (Wildman–Crippen MR) is 83.6 cm³/mol. The second kappa shape index (κ2) is 8.15. The molecule has 0 saturated heterocycles. The van der Waals surface area contributed by atoms with Crippen molar-refractivity contribution in [1.82, 2.24) is 5.32 Å². The number of furan rings is 1. The lowest BCUT2D eigenvalue weighted by atomic mass is 10.1. The summed E-state index contributed by atoms with van der Waals surface area (Å²) in [5.41, 5.74) is 2.50. The normalized spacial score (nSPS) is 10.9. The minimum absolute atomic E-state index is 0.649. The first kappa shape index (κ1) is 15.2. The molecular weight excluding hydrogens is 270 g/mol. The van der Waals surface area contributed by atoms with E-state index in [2.05, 4.69) is 29.8 Å². The topological polar surface area (TPSA) is 34.4 Å². The van der Waals surface area contributed by atoms with E-state index in [0.717, 1.165) is 30.4 Å². The SMILES string of the molecule is COCc1ccccc1CNCc1ccc(CSC)o1. The van der Waals surface area contributed by atoms with Crippen LogP contribution in [-0.4, -0.2) is 13.4 Å². The molecule has 0 spiro atoms. The zero-order valence-electron chi connectivity index (χ0n) is 12.0. The van der Waals surface area contributed by atoms with Crippen LogP contribution < -0.4 is 5.32 Å². The van der Waals surface area contributed by atoms with Gasteiger partial charge in [0.25, 0.3) is 0 Å². The molecule has 0 unspecified atom stereocenters. The Morgan fingerprint density at radius 3 is 2.55 bits per heavy atom. The van der Waals surface area contributed by atoms with Gasteiger partial charge in [-0.15, -0.1) is 0 Å². The van der Waals surface area contributed by atoms with Crippen LogP contribution in [0.5, 0.6) is 0 Å². The first-order valence-corrected chi connectivity index (χ1v) is 8.06. The molecule has 1 heterocycles. The molecule has 0 amide bonds. The highest BCUT2D eigenvalue weighted by molar-refractivity contribution is 7.97. The summed E-state index contributed by atoms with van der Waals surface area (Å²) in [6.45, 7) is 2.21. The third-order valence-electron chi connectivity index (χ3n) is 3.04. The van der Waals surface area contributed by atoms with Gasteiger partial charge >= 0.3 is 0 Å². The van der Waals surface area contributed by atoms with Gasteiger partial charge in [0, 0.05) is 13.7 Å². The third-order valence-corrected chi connectivity index (χ3v) is 3.61. The minimum atomic E-state index is 0.649. The Bertz CT molecular complexity index is 525. The minimum Gasteiger partial charge on any atom is -0.464 e. The Kier molecular flexibility index (Phi) is 6.18. The molecule has 3 nitrogen and oxygen atoms in total. The maximum Gasteiger partial charge on any atom is 0.118 e. The fourth-order valence-corrected chi connectivity index (χ4v) is 2.52. The first-order chi connectivity index (χ1) is 9.83. The summed E-state index contributed by atoms with van der Waals surface area (Å²) in [5.74, 6) is 2.95. The van der Waals surface area contributed by atoms with Gasteiger partial charge in [-0.1, -0.05) is 24.3 Å². The maximum absolute atomic E-state index is 5.73. The summed E-state index contributed by atoms with van der Waals surface area (Å²) in [6.07, 6.45) is 2.08. The summed E-state index contributed by atoms with van der Waals surface area (Å²) < 4.78 is 10.9. The summed E-state index contributed by atoms with van der Waals surface area (Å²) in [7, 11) is 1.72. The molecule has 0 aliphatic heterocycles. The monoisotopic (exact) mass is 291 g/mol. The van der Waals surface area contributed by atoms with Gasteiger partial charge < -0.3 is 14.5 Å². The van der Waals surface area contributed by atoms with Crippen molar-refractivity contribution in [3.05, 3.63) is 59.0 Å². The van der Waals surface area contributed by atoms with Crippen LogP contribution in [0.1, 0.15) is 22.6 Å². The van der Waals surface area contributed by atoms with Crippen molar-refractivity contribution in [2.24, 2.45) is 0 Å². The molecule has 0 atom stereocenters. The van der Waals surface area contributed by atoms with Gasteiger partial charge in [-0.3, -0.25) is 0 Å². The van der Waals surface area contributed by atoms with E-state index in [1.165, 1.54) is 11.1 Å². The van der Waals surface area contributed by atoms with Gasteiger partial charge in [0.05, 0.1) is 18.9 Å². The molecule has 20 heavy (non-hydrogen) atoms. The van der Waals surface area contributed by atoms with E-state index in [4.69, 9.17) is 9.15 Å². The highest BCUT2D eigenvalue weighted by Crippen LogP contribution is 2.14. The van der Waals surface area contributed by atoms with Crippen molar-refractivity contribution >= 4 is 11.8 Å². The van der Waals surface area contributed by atoms with Crippen LogP contribution in [0, 0.1) is 0 Å². The number of thioether (sulfide) groups is 1. The van der Waals surface area contributed by atoms with Gasteiger partial charge in [-0.2, -0.15) is 11.8 Å². The van der Waals surface area contributed by atoms with Crippen molar-refractivity contribution in [3.8, 4) is 0 Å². The van der Waals surface area contributed by atoms with Crippen LogP contribution >= 0.6 is 11.8 Å². The van der Waals surface area contributed by atoms with E-state index < -0.39 is 0 Å². The van der Waals surface area contributed by atoms with Crippen LogP contribution in [0.25, 0.3) is 0 Å². The highest BCUT2D eigenvalue weighted by Gasteiger charge is 2.03. The predicted octanol–water partition coefficient (Wildman–Crippen LogP) is 3.58. The lowest BCUT2D eigenvalue weighted by Gasteiger charge is -2.09. The van der Waals surface area contributed by atoms with Crippen molar-refractivity contribution in [2.75, 3.05) is 13.4 Å². The smallest absolute Gasteiger partial charge is 0.118 e. The molecule has 2 rings (SSSR count). The zero-order chi connectivity index (χ0) is 14.2. The van der Waals surface area contributed by atoms with Crippen LogP contribution in [0.15, 0.2) is 40.8 Å². The zero-order valence-corrected chi connectivity index (χ0v) is 12.8. The standard InChI is InChI=1S/C16H21NO2S/c1-18-11-14-6-4-3-5-13(14)9-17-10-15-7-8-16(19-15)12-20-2/h3-8,17H,9-12H2,1-2H3. The fraction of sp³-hybridized carbons (Fsp3) is 0.375. The Hall–Kier alpha value is -1.23. The summed E-state index contributed by atoms with van der Waals surface area (Å²) in [5, 5.41) is 3.42. The molecule has 2 aromatic rings. The van der Waals surface area contributed by atoms with Crippen molar-refractivity contribution < 1.29 is 9.15 Å². The van der Waals surface area contributed by atoms with Crippen LogP contribution in [0.4, 0.5) is 0 Å². The highest BCUT2D eigenvalue weighted by atomic mass is 32.2. The third kappa shape index (κ3) is 4.40. The van der Waals surface area contributed by atoms with Gasteiger partial charge in [0.15, 0.2) is 0 Å². The number of methoxy groups -OCH3 is 1. The molecule has 0 saturated carbocycles. The molecule has 1 N–H and O–H groups in total. The first-order valence-electron chi connectivity index (χ1n) is 6.66. The molecule has 1 aromatic heterocycles. The molecule has 0 aliphatic carbocycles. The number of hydrogen-bond acceptors (Lipinski definition) is 4. The Morgan fingerprint density at radius 1 is 1.05 bits per heavy atom. The van der Waals surface area contributed by atoms with E-state index in [0.29, 0.717) is 6.61 Å². The average molecular weight is 291 g/mol. The van der Waals surface area contributed by atoms with Crippen LogP contribution in [-0.2, 0) is 30.2 Å². The molecule has 0 aliphatic rings. The van der Waals surface area contributed by atoms with Crippen molar-refractivity contribution in [3.63, 3.8) is 0 Å². The maximum atomic E-state index is 5.73. The molecule has 4 heteroatoms. The second-order valence-corrected chi connectivity index (χ2v) is 5.47. The van der Waals surface area contributed by atoms with Gasteiger partial charge in [0.2, 0.25) is 0 Å². The van der Waals surface area contributed by atoms with Gasteiger partial charge in [-0.25, -0.2) is 0 Å². The van der Waals surface area contributed by atoms with E-state index in [-0.39, 0.29) is 0 Å². The second-order valence-electron chi connectivity index (χ2n) is 4.61. The molecular formula is C16H21NO2S. The summed E-state index contributed by atoms with van der Waals surface area (Å²) in [6, 6.07) is 12.4. The molecule has 108 valence electrons. The van der Waals surface area contributed by atoms with Crippen molar-refractivity contribution in [2.45, 2.75) is 25.4 Å². The lowest BCUT2D eigenvalue weighted by Crippen LogP contribution is -2.13. The van der Waals surface area contributed by atoms with Crippen molar-refractivity contribution in [1.29, 1.82) is 0 Å². The number of rotatable bonds is 8. The molecule has 0 fully saturated rings. The molecule has 0 radical (unpaired) electrons. The summed E-state index contributed by atoms with van der Waals surface area (Å²) >= 11 is 1.77. The number of ether oxygens (including phenoxy) is 1. The average Bonchev–Trinajstić information content (AvgIpc) is 2.89. The van der Waals surface area contributed by atoms with E-state index >= 15 is 0 Å². The van der Waals surface area contributed by atoms with Crippen LogP contribution in [0.2, 0.25) is 0 Å². The number of nitrogens with one attached hydrogen (secondary N) is 1. The van der Waals surface area contributed by atoms with Crippen LogP contribution in [0.3, 0.4) is 0 Å². The summed E-state index contributed by atoms with van der Waals surface area (Å²) in [4.78, 5) is 0. The fourth-order valence-electron chi connectivity index (χ4n) is 2.08. The van der Waals surface area contributed by atoms with Gasteiger partial charge in [-0.05, 0) is 29.5 Å². The largest absolute Gasteiger partial charge is 0.464 e.